The van der Waals surface area contributed by atoms with E-state index in [0.29, 0.717) is 18.7 Å². The van der Waals surface area contributed by atoms with Crippen LogP contribution in [0.15, 0.2) is 23.1 Å². The number of anilines is 1. The molecule has 6 nitrogen and oxygen atoms in total. The molecule has 1 aromatic carbocycles. The number of nitrogen functional groups attached to an aromatic ring is 1. The van der Waals surface area contributed by atoms with Gasteiger partial charge in [0.15, 0.2) is 0 Å². The summed E-state index contributed by atoms with van der Waals surface area (Å²) in [6, 6.07) is 4.16. The molecule has 112 valence electrons. The number of hydrogen-bond acceptors (Lipinski definition) is 5. The SMILES string of the molecule is COc1ccc(N)cc1S(=O)(=O)N1CCCCC1CO. The fourth-order valence-corrected chi connectivity index (χ4v) is 4.37. The Kier molecular flexibility index (Phi) is 4.52. The number of ether oxygens (including phenoxy) is 1. The van der Waals surface area contributed by atoms with E-state index in [2.05, 4.69) is 0 Å². The number of benzene rings is 1. The monoisotopic (exact) mass is 300 g/mol. The zero-order chi connectivity index (χ0) is 14.8. The first-order chi connectivity index (χ1) is 9.50. The molecular formula is C13H20N2O4S. The highest BCUT2D eigenvalue weighted by atomic mass is 32.2. The van der Waals surface area contributed by atoms with E-state index in [1.807, 2.05) is 0 Å². The van der Waals surface area contributed by atoms with E-state index in [-0.39, 0.29) is 23.3 Å². The van der Waals surface area contributed by atoms with Crippen molar-refractivity contribution in [2.45, 2.75) is 30.2 Å². The van der Waals surface area contributed by atoms with Gasteiger partial charge in [-0.2, -0.15) is 4.31 Å². The van der Waals surface area contributed by atoms with E-state index < -0.39 is 10.0 Å². The Bertz CT molecular complexity index is 574. The number of sulfonamides is 1. The van der Waals surface area contributed by atoms with Gasteiger partial charge in [-0.1, -0.05) is 6.42 Å². The van der Waals surface area contributed by atoms with Crippen LogP contribution in [0, 0.1) is 0 Å². The van der Waals surface area contributed by atoms with Crippen molar-refractivity contribution in [3.05, 3.63) is 18.2 Å². The molecule has 0 saturated carbocycles. The molecule has 1 fully saturated rings. The van der Waals surface area contributed by atoms with E-state index in [1.165, 1.54) is 17.5 Å². The fourth-order valence-electron chi connectivity index (χ4n) is 2.49. The van der Waals surface area contributed by atoms with E-state index >= 15 is 0 Å². The molecule has 0 aliphatic carbocycles. The Hall–Kier alpha value is -1.31. The van der Waals surface area contributed by atoms with Gasteiger partial charge in [-0.25, -0.2) is 8.42 Å². The van der Waals surface area contributed by atoms with E-state index in [1.54, 1.807) is 12.1 Å². The molecular weight excluding hydrogens is 280 g/mol. The third-order valence-corrected chi connectivity index (χ3v) is 5.53. The third kappa shape index (κ3) is 2.74. The number of nitrogens with zero attached hydrogens (tertiary/aromatic N) is 1. The lowest BCUT2D eigenvalue weighted by molar-refractivity contribution is 0.155. The summed E-state index contributed by atoms with van der Waals surface area (Å²) < 4.78 is 32.0. The maximum Gasteiger partial charge on any atom is 0.247 e. The summed E-state index contributed by atoms with van der Waals surface area (Å²) >= 11 is 0. The Morgan fingerprint density at radius 2 is 2.20 bits per heavy atom. The Morgan fingerprint density at radius 3 is 2.85 bits per heavy atom. The topological polar surface area (TPSA) is 92.9 Å². The van der Waals surface area contributed by atoms with Gasteiger partial charge in [0.1, 0.15) is 10.6 Å². The minimum Gasteiger partial charge on any atom is -0.495 e. The van der Waals surface area contributed by atoms with Crippen molar-refractivity contribution < 1.29 is 18.3 Å². The minimum absolute atomic E-state index is 0.0559. The first kappa shape index (κ1) is 15.1. The third-order valence-electron chi connectivity index (χ3n) is 3.56. The van der Waals surface area contributed by atoms with Crippen molar-refractivity contribution in [1.29, 1.82) is 0 Å². The average Bonchev–Trinajstić information content (AvgIpc) is 2.47. The van der Waals surface area contributed by atoms with Gasteiger partial charge in [-0.3, -0.25) is 0 Å². The van der Waals surface area contributed by atoms with E-state index in [0.717, 1.165) is 12.8 Å². The van der Waals surface area contributed by atoms with Gasteiger partial charge in [-0.05, 0) is 31.0 Å². The summed E-state index contributed by atoms with van der Waals surface area (Å²) in [5.74, 6) is 0.265. The molecule has 0 spiro atoms. The highest BCUT2D eigenvalue weighted by Gasteiger charge is 2.34. The molecule has 1 aliphatic heterocycles. The first-order valence-electron chi connectivity index (χ1n) is 6.57. The van der Waals surface area contributed by atoms with Crippen LogP contribution in [0.25, 0.3) is 0 Å². The standard InChI is InChI=1S/C13H20N2O4S/c1-19-12-6-5-10(14)8-13(12)20(17,18)15-7-3-2-4-11(15)9-16/h5-6,8,11,16H,2-4,7,9,14H2,1H3. The Labute approximate surface area is 119 Å². The molecule has 7 heteroatoms. The van der Waals surface area contributed by atoms with Crippen molar-refractivity contribution in [3.8, 4) is 5.75 Å². The van der Waals surface area contributed by atoms with Crippen molar-refractivity contribution in [3.63, 3.8) is 0 Å². The van der Waals surface area contributed by atoms with Gasteiger partial charge in [0.05, 0.1) is 13.7 Å². The largest absolute Gasteiger partial charge is 0.495 e. The quantitative estimate of drug-likeness (QED) is 0.803. The number of piperidine rings is 1. The van der Waals surface area contributed by atoms with Crippen LogP contribution in [0.4, 0.5) is 5.69 Å². The summed E-state index contributed by atoms with van der Waals surface area (Å²) in [6.45, 7) is 0.232. The summed E-state index contributed by atoms with van der Waals surface area (Å²) in [6.07, 6.45) is 2.38. The molecule has 2 rings (SSSR count). The number of hydrogen-bond donors (Lipinski definition) is 2. The predicted molar refractivity (Wildman–Crippen MR) is 76.0 cm³/mol. The van der Waals surface area contributed by atoms with Gasteiger partial charge < -0.3 is 15.6 Å². The minimum atomic E-state index is -3.72. The molecule has 1 aliphatic rings. The van der Waals surface area contributed by atoms with Crippen molar-refractivity contribution in [1.82, 2.24) is 4.31 Å². The van der Waals surface area contributed by atoms with Crippen LogP contribution in [0.1, 0.15) is 19.3 Å². The number of rotatable bonds is 4. The molecule has 20 heavy (non-hydrogen) atoms. The van der Waals surface area contributed by atoms with Crippen LogP contribution in [-0.4, -0.2) is 44.1 Å². The van der Waals surface area contributed by atoms with Crippen LogP contribution in [0.2, 0.25) is 0 Å². The first-order valence-corrected chi connectivity index (χ1v) is 8.01. The molecule has 1 saturated heterocycles. The van der Waals surface area contributed by atoms with Crippen LogP contribution in [-0.2, 0) is 10.0 Å². The number of methoxy groups -OCH3 is 1. The molecule has 1 heterocycles. The van der Waals surface area contributed by atoms with E-state index in [4.69, 9.17) is 10.5 Å². The van der Waals surface area contributed by atoms with E-state index in [9.17, 15) is 13.5 Å². The molecule has 1 atom stereocenters. The highest BCUT2D eigenvalue weighted by molar-refractivity contribution is 7.89. The van der Waals surface area contributed by atoms with Gasteiger partial charge in [0.2, 0.25) is 10.0 Å². The zero-order valence-corrected chi connectivity index (χ0v) is 12.3. The van der Waals surface area contributed by atoms with Gasteiger partial charge >= 0.3 is 0 Å². The molecule has 3 N–H and O–H groups in total. The molecule has 1 unspecified atom stereocenters. The normalized spacial score (nSPS) is 20.8. The van der Waals surface area contributed by atoms with Crippen LogP contribution in [0.5, 0.6) is 5.75 Å². The summed E-state index contributed by atoms with van der Waals surface area (Å²) in [7, 11) is -2.30. The summed E-state index contributed by atoms with van der Waals surface area (Å²) in [4.78, 5) is 0.0559. The van der Waals surface area contributed by atoms with Crippen LogP contribution in [0.3, 0.4) is 0 Å². The lowest BCUT2D eigenvalue weighted by atomic mass is 10.1. The lowest BCUT2D eigenvalue weighted by Gasteiger charge is -2.33. The molecule has 0 aromatic heterocycles. The maximum atomic E-state index is 12.8. The maximum absolute atomic E-state index is 12.8. The zero-order valence-electron chi connectivity index (χ0n) is 11.4. The van der Waals surface area contributed by atoms with Gasteiger partial charge in [-0.15, -0.1) is 0 Å². The van der Waals surface area contributed by atoms with Crippen molar-refractivity contribution >= 4 is 15.7 Å². The summed E-state index contributed by atoms with van der Waals surface area (Å²) in [5.41, 5.74) is 6.05. The van der Waals surface area contributed by atoms with Gasteiger partial charge in [0.25, 0.3) is 0 Å². The average molecular weight is 300 g/mol. The van der Waals surface area contributed by atoms with Crippen molar-refractivity contribution in [2.24, 2.45) is 0 Å². The molecule has 0 bridgehead atoms. The predicted octanol–water partition coefficient (Wildman–Crippen LogP) is 0.813. The lowest BCUT2D eigenvalue weighted by Crippen LogP contribution is -2.45. The number of aliphatic hydroxyl groups excluding tert-OH is 1. The number of aliphatic hydroxyl groups is 1. The fraction of sp³-hybridized carbons (Fsp3) is 0.538. The second kappa shape index (κ2) is 5.99. The highest BCUT2D eigenvalue weighted by Crippen LogP contribution is 2.32. The molecule has 0 amide bonds. The Morgan fingerprint density at radius 1 is 1.45 bits per heavy atom. The van der Waals surface area contributed by atoms with Crippen LogP contribution >= 0.6 is 0 Å². The molecule has 0 radical (unpaired) electrons. The van der Waals surface area contributed by atoms with Crippen LogP contribution < -0.4 is 10.5 Å². The van der Waals surface area contributed by atoms with Gasteiger partial charge in [0, 0.05) is 18.3 Å². The Balaban J connectivity index is 2.46. The van der Waals surface area contributed by atoms with Crippen molar-refractivity contribution in [2.75, 3.05) is 26.0 Å². The second-order valence-electron chi connectivity index (χ2n) is 4.86. The molecule has 1 aromatic rings. The smallest absolute Gasteiger partial charge is 0.247 e. The second-order valence-corrected chi connectivity index (χ2v) is 6.72. The summed E-state index contributed by atoms with van der Waals surface area (Å²) in [5, 5.41) is 9.39. The number of nitrogens with two attached hydrogens (primary N) is 1.